The molecule has 0 heterocycles. The second-order valence-electron chi connectivity index (χ2n) is 4.84. The molecule has 106 valence electrons. The van der Waals surface area contributed by atoms with Crippen LogP contribution in [0.25, 0.3) is 0 Å². The van der Waals surface area contributed by atoms with Crippen LogP contribution in [0.4, 0.5) is 0 Å². The van der Waals surface area contributed by atoms with Gasteiger partial charge in [0.2, 0.25) is 0 Å². The van der Waals surface area contributed by atoms with Crippen LogP contribution in [0.5, 0.6) is 11.5 Å². The molecule has 0 radical (unpaired) electrons. The quantitative estimate of drug-likeness (QED) is 0.847. The maximum absolute atomic E-state index is 9.81. The molecule has 0 amide bonds. The Balaban J connectivity index is 1.88. The van der Waals surface area contributed by atoms with Gasteiger partial charge in [-0.15, -0.1) is 0 Å². The lowest BCUT2D eigenvalue weighted by Crippen LogP contribution is -2.21. The summed E-state index contributed by atoms with van der Waals surface area (Å²) in [5.41, 5.74) is 2.17. The summed E-state index contributed by atoms with van der Waals surface area (Å²) in [5.74, 6) is 1.23. The average Bonchev–Trinajstić information content (AvgIpc) is 2.48. The SMILES string of the molecule is COc1cccc(CCNC(C)c2ccccc2O)c1. The molecule has 0 aromatic heterocycles. The van der Waals surface area contributed by atoms with Crippen LogP contribution in [0.15, 0.2) is 48.5 Å². The smallest absolute Gasteiger partial charge is 0.120 e. The molecular weight excluding hydrogens is 250 g/mol. The first-order chi connectivity index (χ1) is 9.70. The highest BCUT2D eigenvalue weighted by atomic mass is 16.5. The minimum atomic E-state index is 0.127. The lowest BCUT2D eigenvalue weighted by molar-refractivity contribution is 0.414. The van der Waals surface area contributed by atoms with Gasteiger partial charge in [0.05, 0.1) is 7.11 Å². The number of benzene rings is 2. The summed E-state index contributed by atoms with van der Waals surface area (Å²) in [6, 6.07) is 15.6. The van der Waals surface area contributed by atoms with Crippen molar-refractivity contribution < 1.29 is 9.84 Å². The van der Waals surface area contributed by atoms with E-state index < -0.39 is 0 Å². The second kappa shape index (κ2) is 6.96. The molecule has 1 atom stereocenters. The highest BCUT2D eigenvalue weighted by Crippen LogP contribution is 2.23. The molecule has 0 saturated carbocycles. The van der Waals surface area contributed by atoms with E-state index in [0.29, 0.717) is 5.75 Å². The lowest BCUT2D eigenvalue weighted by Gasteiger charge is -2.15. The third kappa shape index (κ3) is 3.75. The summed E-state index contributed by atoms with van der Waals surface area (Å²) in [6.07, 6.45) is 0.926. The standard InChI is InChI=1S/C17H21NO2/c1-13(16-8-3-4-9-17(16)19)18-11-10-14-6-5-7-15(12-14)20-2/h3-9,12-13,18-19H,10-11H2,1-2H3. The number of methoxy groups -OCH3 is 1. The number of aromatic hydroxyl groups is 1. The third-order valence-electron chi connectivity index (χ3n) is 3.40. The van der Waals surface area contributed by atoms with Crippen molar-refractivity contribution in [1.29, 1.82) is 0 Å². The molecule has 20 heavy (non-hydrogen) atoms. The molecule has 0 bridgehead atoms. The van der Waals surface area contributed by atoms with Crippen LogP contribution in [-0.2, 0) is 6.42 Å². The monoisotopic (exact) mass is 271 g/mol. The van der Waals surface area contributed by atoms with E-state index >= 15 is 0 Å². The molecule has 0 aliphatic heterocycles. The second-order valence-corrected chi connectivity index (χ2v) is 4.84. The van der Waals surface area contributed by atoms with E-state index in [1.54, 1.807) is 13.2 Å². The number of rotatable bonds is 6. The number of phenolic OH excluding ortho intramolecular Hbond substituents is 1. The van der Waals surface area contributed by atoms with Crippen molar-refractivity contribution in [3.05, 3.63) is 59.7 Å². The fraction of sp³-hybridized carbons (Fsp3) is 0.294. The van der Waals surface area contributed by atoms with Gasteiger partial charge in [-0.3, -0.25) is 0 Å². The zero-order chi connectivity index (χ0) is 14.4. The van der Waals surface area contributed by atoms with E-state index in [1.807, 2.05) is 36.4 Å². The normalized spacial score (nSPS) is 12.1. The highest BCUT2D eigenvalue weighted by Gasteiger charge is 2.08. The van der Waals surface area contributed by atoms with Gasteiger partial charge >= 0.3 is 0 Å². The van der Waals surface area contributed by atoms with Crippen LogP contribution in [0.1, 0.15) is 24.1 Å². The third-order valence-corrected chi connectivity index (χ3v) is 3.40. The molecular formula is C17H21NO2. The Kier molecular flexibility index (Phi) is 5.02. The highest BCUT2D eigenvalue weighted by molar-refractivity contribution is 5.34. The van der Waals surface area contributed by atoms with Crippen molar-refractivity contribution in [2.45, 2.75) is 19.4 Å². The van der Waals surface area contributed by atoms with E-state index in [4.69, 9.17) is 4.74 Å². The van der Waals surface area contributed by atoms with Crippen molar-refractivity contribution in [3.8, 4) is 11.5 Å². The Hall–Kier alpha value is -2.00. The Morgan fingerprint density at radius 2 is 1.95 bits per heavy atom. The van der Waals surface area contributed by atoms with E-state index in [9.17, 15) is 5.11 Å². The molecule has 0 spiro atoms. The van der Waals surface area contributed by atoms with Gasteiger partial charge in [-0.25, -0.2) is 0 Å². The number of phenols is 1. The van der Waals surface area contributed by atoms with Crippen LogP contribution in [0.2, 0.25) is 0 Å². The molecule has 3 heteroatoms. The van der Waals surface area contributed by atoms with E-state index in [0.717, 1.165) is 24.3 Å². The van der Waals surface area contributed by atoms with Crippen LogP contribution >= 0.6 is 0 Å². The van der Waals surface area contributed by atoms with Gasteiger partial charge in [0.15, 0.2) is 0 Å². The van der Waals surface area contributed by atoms with Crippen molar-refractivity contribution in [1.82, 2.24) is 5.32 Å². The molecule has 1 unspecified atom stereocenters. The van der Waals surface area contributed by atoms with Crippen molar-refractivity contribution in [2.75, 3.05) is 13.7 Å². The number of para-hydroxylation sites is 1. The van der Waals surface area contributed by atoms with E-state index in [-0.39, 0.29) is 6.04 Å². The van der Waals surface area contributed by atoms with E-state index in [2.05, 4.69) is 18.3 Å². The summed E-state index contributed by atoms with van der Waals surface area (Å²) in [6.45, 7) is 2.91. The minimum Gasteiger partial charge on any atom is -0.508 e. The van der Waals surface area contributed by atoms with Crippen LogP contribution in [0, 0.1) is 0 Å². The summed E-state index contributed by atoms with van der Waals surface area (Å²) in [5, 5.41) is 13.2. The van der Waals surface area contributed by atoms with Gasteiger partial charge in [0.25, 0.3) is 0 Å². The fourth-order valence-electron chi connectivity index (χ4n) is 2.22. The molecule has 0 fully saturated rings. The largest absolute Gasteiger partial charge is 0.508 e. The topological polar surface area (TPSA) is 41.5 Å². The zero-order valence-corrected chi connectivity index (χ0v) is 12.0. The van der Waals surface area contributed by atoms with Crippen LogP contribution in [-0.4, -0.2) is 18.8 Å². The Bertz CT molecular complexity index is 554. The van der Waals surface area contributed by atoms with Crippen molar-refractivity contribution >= 4 is 0 Å². The maximum Gasteiger partial charge on any atom is 0.120 e. The molecule has 2 aromatic rings. The summed E-state index contributed by atoms with van der Waals surface area (Å²) in [4.78, 5) is 0. The van der Waals surface area contributed by atoms with Crippen molar-refractivity contribution in [3.63, 3.8) is 0 Å². The summed E-state index contributed by atoms with van der Waals surface area (Å²) < 4.78 is 5.21. The number of ether oxygens (including phenoxy) is 1. The molecule has 0 aliphatic carbocycles. The van der Waals surface area contributed by atoms with Gasteiger partial charge in [0.1, 0.15) is 11.5 Å². The van der Waals surface area contributed by atoms with Crippen LogP contribution in [0.3, 0.4) is 0 Å². The number of nitrogens with one attached hydrogen (secondary N) is 1. The molecule has 2 aromatic carbocycles. The van der Waals surface area contributed by atoms with Gasteiger partial charge in [-0.2, -0.15) is 0 Å². The molecule has 0 saturated heterocycles. The Morgan fingerprint density at radius 1 is 1.15 bits per heavy atom. The zero-order valence-electron chi connectivity index (χ0n) is 12.0. The van der Waals surface area contributed by atoms with Gasteiger partial charge in [-0.1, -0.05) is 30.3 Å². The molecule has 0 aliphatic rings. The summed E-state index contributed by atoms with van der Waals surface area (Å²) >= 11 is 0. The summed E-state index contributed by atoms with van der Waals surface area (Å²) in [7, 11) is 1.68. The molecule has 3 nitrogen and oxygen atoms in total. The Labute approximate surface area is 120 Å². The molecule has 2 N–H and O–H groups in total. The number of hydrogen-bond acceptors (Lipinski definition) is 3. The lowest BCUT2D eigenvalue weighted by atomic mass is 10.1. The van der Waals surface area contributed by atoms with Gasteiger partial charge in [-0.05, 0) is 43.7 Å². The van der Waals surface area contributed by atoms with Crippen molar-refractivity contribution in [2.24, 2.45) is 0 Å². The first-order valence-corrected chi connectivity index (χ1v) is 6.85. The van der Waals surface area contributed by atoms with Gasteiger partial charge in [0, 0.05) is 11.6 Å². The predicted octanol–water partition coefficient (Wildman–Crippen LogP) is 3.29. The first kappa shape index (κ1) is 14.4. The Morgan fingerprint density at radius 3 is 2.70 bits per heavy atom. The first-order valence-electron chi connectivity index (χ1n) is 6.85. The predicted molar refractivity (Wildman–Crippen MR) is 81.2 cm³/mol. The van der Waals surface area contributed by atoms with Crippen LogP contribution < -0.4 is 10.1 Å². The van der Waals surface area contributed by atoms with E-state index in [1.165, 1.54) is 5.56 Å². The molecule has 2 rings (SSSR count). The maximum atomic E-state index is 9.81. The fourth-order valence-corrected chi connectivity index (χ4v) is 2.22. The average molecular weight is 271 g/mol. The number of hydrogen-bond donors (Lipinski definition) is 2. The minimum absolute atomic E-state index is 0.127. The van der Waals surface area contributed by atoms with Gasteiger partial charge < -0.3 is 15.2 Å².